The van der Waals surface area contributed by atoms with Crippen LogP contribution in [0, 0.1) is 0 Å². The Morgan fingerprint density at radius 3 is 2.67 bits per heavy atom. The molecule has 0 aliphatic rings. The predicted molar refractivity (Wildman–Crippen MR) is 87.7 cm³/mol. The number of carbonyl (C=O) groups excluding carboxylic acids is 1. The minimum absolute atomic E-state index is 0.109. The second-order valence-corrected chi connectivity index (χ2v) is 6.31. The quantitative estimate of drug-likeness (QED) is 0.849. The zero-order valence-corrected chi connectivity index (χ0v) is 13.5. The van der Waals surface area contributed by atoms with Gasteiger partial charge in [0.25, 0.3) is 0 Å². The number of amides is 1. The van der Waals surface area contributed by atoms with Crippen molar-refractivity contribution in [3.05, 3.63) is 52.0 Å². The van der Waals surface area contributed by atoms with Crippen LogP contribution >= 0.6 is 11.3 Å². The molecule has 1 aromatic heterocycles. The third-order valence-electron chi connectivity index (χ3n) is 3.25. The molecule has 4 heteroatoms. The molecule has 0 radical (unpaired) electrons. The molecule has 0 aliphatic heterocycles. The molecule has 21 heavy (non-hydrogen) atoms. The van der Waals surface area contributed by atoms with E-state index in [1.165, 1.54) is 10.6 Å². The first-order chi connectivity index (χ1) is 10.1. The molecule has 3 nitrogen and oxygen atoms in total. The molecule has 0 aliphatic carbocycles. The molecule has 0 fully saturated rings. The number of thiazole rings is 1. The van der Waals surface area contributed by atoms with Crippen LogP contribution in [0.1, 0.15) is 42.5 Å². The highest BCUT2D eigenvalue weighted by Gasteiger charge is 2.06. The highest BCUT2D eigenvalue weighted by molar-refractivity contribution is 7.09. The van der Waals surface area contributed by atoms with Crippen LogP contribution in [0.5, 0.6) is 0 Å². The van der Waals surface area contributed by atoms with Crippen molar-refractivity contribution in [1.82, 2.24) is 10.3 Å². The van der Waals surface area contributed by atoms with Crippen molar-refractivity contribution >= 4 is 17.2 Å². The molecule has 112 valence electrons. The SMILES string of the molecule is CC(C)c1nc(CCNC(=O)CCc2ccccc2)cs1. The Morgan fingerprint density at radius 2 is 2.00 bits per heavy atom. The number of rotatable bonds is 7. The lowest BCUT2D eigenvalue weighted by Gasteiger charge is -2.04. The van der Waals surface area contributed by atoms with Gasteiger partial charge in [0.2, 0.25) is 5.91 Å². The van der Waals surface area contributed by atoms with E-state index in [1.54, 1.807) is 11.3 Å². The number of hydrogen-bond donors (Lipinski definition) is 1. The molecular weight excluding hydrogens is 280 g/mol. The van der Waals surface area contributed by atoms with Crippen LogP contribution < -0.4 is 5.32 Å². The van der Waals surface area contributed by atoms with Gasteiger partial charge in [0.1, 0.15) is 0 Å². The van der Waals surface area contributed by atoms with E-state index in [0.29, 0.717) is 18.9 Å². The number of benzene rings is 1. The number of aromatic nitrogens is 1. The average Bonchev–Trinajstić information content (AvgIpc) is 2.95. The average molecular weight is 302 g/mol. The summed E-state index contributed by atoms with van der Waals surface area (Å²) in [5, 5.41) is 6.22. The summed E-state index contributed by atoms with van der Waals surface area (Å²) in [6, 6.07) is 10.1. The van der Waals surface area contributed by atoms with Crippen LogP contribution in [0.4, 0.5) is 0 Å². The van der Waals surface area contributed by atoms with Crippen LogP contribution in [-0.2, 0) is 17.6 Å². The van der Waals surface area contributed by atoms with Gasteiger partial charge in [-0.05, 0) is 12.0 Å². The van der Waals surface area contributed by atoms with E-state index in [4.69, 9.17) is 0 Å². The van der Waals surface area contributed by atoms with Gasteiger partial charge in [0.05, 0.1) is 10.7 Å². The van der Waals surface area contributed by atoms with Gasteiger partial charge in [-0.1, -0.05) is 44.2 Å². The lowest BCUT2D eigenvalue weighted by molar-refractivity contribution is -0.121. The summed E-state index contributed by atoms with van der Waals surface area (Å²) >= 11 is 1.70. The summed E-state index contributed by atoms with van der Waals surface area (Å²) in [4.78, 5) is 16.4. The number of nitrogens with zero attached hydrogens (tertiary/aromatic N) is 1. The molecule has 0 spiro atoms. The van der Waals surface area contributed by atoms with E-state index in [1.807, 2.05) is 18.2 Å². The van der Waals surface area contributed by atoms with E-state index < -0.39 is 0 Å². The van der Waals surface area contributed by atoms with E-state index in [2.05, 4.69) is 41.7 Å². The standard InChI is InChI=1S/C17H22N2OS/c1-13(2)17-19-15(12-21-17)10-11-18-16(20)9-8-14-6-4-3-5-7-14/h3-7,12-13H,8-11H2,1-2H3,(H,18,20). The van der Waals surface area contributed by atoms with Gasteiger partial charge < -0.3 is 5.32 Å². The molecule has 0 atom stereocenters. The molecule has 0 saturated heterocycles. The van der Waals surface area contributed by atoms with Crippen molar-refractivity contribution in [1.29, 1.82) is 0 Å². The van der Waals surface area contributed by atoms with Crippen LogP contribution in [0.2, 0.25) is 0 Å². The lowest BCUT2D eigenvalue weighted by atomic mass is 10.1. The van der Waals surface area contributed by atoms with Crippen molar-refractivity contribution in [3.63, 3.8) is 0 Å². The van der Waals surface area contributed by atoms with E-state index >= 15 is 0 Å². The minimum atomic E-state index is 0.109. The molecule has 0 saturated carbocycles. The van der Waals surface area contributed by atoms with E-state index in [9.17, 15) is 4.79 Å². The second kappa shape index (κ2) is 7.93. The van der Waals surface area contributed by atoms with Crippen molar-refractivity contribution < 1.29 is 4.79 Å². The van der Waals surface area contributed by atoms with E-state index in [0.717, 1.165) is 18.5 Å². The minimum Gasteiger partial charge on any atom is -0.356 e. The zero-order valence-electron chi connectivity index (χ0n) is 12.6. The van der Waals surface area contributed by atoms with Gasteiger partial charge in [-0.25, -0.2) is 4.98 Å². The summed E-state index contributed by atoms with van der Waals surface area (Å²) in [6.45, 7) is 4.96. The summed E-state index contributed by atoms with van der Waals surface area (Å²) in [5.74, 6) is 0.586. The number of hydrogen-bond acceptors (Lipinski definition) is 3. The molecule has 2 rings (SSSR count). The first-order valence-electron chi connectivity index (χ1n) is 7.40. The third kappa shape index (κ3) is 5.31. The van der Waals surface area contributed by atoms with Gasteiger partial charge >= 0.3 is 0 Å². The molecule has 1 N–H and O–H groups in total. The highest BCUT2D eigenvalue weighted by atomic mass is 32.1. The molecular formula is C17H22N2OS. The fourth-order valence-corrected chi connectivity index (χ4v) is 2.89. The maximum atomic E-state index is 11.8. The smallest absolute Gasteiger partial charge is 0.220 e. The van der Waals surface area contributed by atoms with Crippen LogP contribution in [0.15, 0.2) is 35.7 Å². The van der Waals surface area contributed by atoms with Crippen molar-refractivity contribution in [2.45, 2.75) is 39.0 Å². The molecule has 1 aromatic carbocycles. The maximum Gasteiger partial charge on any atom is 0.220 e. The molecule has 1 heterocycles. The zero-order chi connectivity index (χ0) is 15.1. The van der Waals surface area contributed by atoms with Gasteiger partial charge in [-0.15, -0.1) is 11.3 Å². The fraction of sp³-hybridized carbons (Fsp3) is 0.412. The number of nitrogens with one attached hydrogen (secondary N) is 1. The van der Waals surface area contributed by atoms with Crippen molar-refractivity contribution in [3.8, 4) is 0 Å². The summed E-state index contributed by atoms with van der Waals surface area (Å²) in [5.41, 5.74) is 2.28. The van der Waals surface area contributed by atoms with Gasteiger partial charge in [-0.2, -0.15) is 0 Å². The van der Waals surface area contributed by atoms with Crippen molar-refractivity contribution in [2.24, 2.45) is 0 Å². The maximum absolute atomic E-state index is 11.8. The molecule has 0 bridgehead atoms. The Balaban J connectivity index is 1.67. The predicted octanol–water partition coefficient (Wildman–Crippen LogP) is 3.56. The van der Waals surface area contributed by atoms with Crippen LogP contribution in [-0.4, -0.2) is 17.4 Å². The molecule has 0 unspecified atom stereocenters. The Morgan fingerprint density at radius 1 is 1.24 bits per heavy atom. The Kier molecular flexibility index (Phi) is 5.93. The normalized spacial score (nSPS) is 10.8. The lowest BCUT2D eigenvalue weighted by Crippen LogP contribution is -2.25. The first-order valence-corrected chi connectivity index (χ1v) is 8.28. The summed E-state index contributed by atoms with van der Waals surface area (Å²) in [7, 11) is 0. The number of carbonyl (C=O) groups is 1. The summed E-state index contributed by atoms with van der Waals surface area (Å²) in [6.07, 6.45) is 2.14. The first kappa shape index (κ1) is 15.7. The largest absolute Gasteiger partial charge is 0.356 e. The Hall–Kier alpha value is -1.68. The van der Waals surface area contributed by atoms with Gasteiger partial charge in [0.15, 0.2) is 0 Å². The van der Waals surface area contributed by atoms with Crippen LogP contribution in [0.3, 0.4) is 0 Å². The Bertz CT molecular complexity index is 563. The second-order valence-electron chi connectivity index (χ2n) is 5.42. The van der Waals surface area contributed by atoms with E-state index in [-0.39, 0.29) is 5.91 Å². The fourth-order valence-electron chi connectivity index (χ4n) is 2.02. The molecule has 2 aromatic rings. The van der Waals surface area contributed by atoms with Gasteiger partial charge in [0, 0.05) is 30.7 Å². The number of aryl methyl sites for hydroxylation is 1. The monoisotopic (exact) mass is 302 g/mol. The molecule has 1 amide bonds. The highest BCUT2D eigenvalue weighted by Crippen LogP contribution is 2.19. The third-order valence-corrected chi connectivity index (χ3v) is 4.44. The van der Waals surface area contributed by atoms with Gasteiger partial charge in [-0.3, -0.25) is 4.79 Å². The van der Waals surface area contributed by atoms with Crippen LogP contribution in [0.25, 0.3) is 0 Å². The Labute approximate surface area is 130 Å². The van der Waals surface area contributed by atoms with Crippen molar-refractivity contribution in [2.75, 3.05) is 6.54 Å². The topological polar surface area (TPSA) is 42.0 Å². The summed E-state index contributed by atoms with van der Waals surface area (Å²) < 4.78 is 0.